The predicted octanol–water partition coefficient (Wildman–Crippen LogP) is 1.78. The Labute approximate surface area is 151 Å². The third-order valence-corrected chi connectivity index (χ3v) is 3.89. The molecular weight excluding hydrogens is 356 g/mol. The second-order valence-corrected chi connectivity index (χ2v) is 5.68. The smallest absolute Gasteiger partial charge is 0.387 e. The maximum Gasteiger partial charge on any atom is 0.387 e. The highest BCUT2D eigenvalue weighted by molar-refractivity contribution is 6.00. The second-order valence-electron chi connectivity index (χ2n) is 5.68. The van der Waals surface area contributed by atoms with Crippen LogP contribution >= 0.6 is 12.4 Å². The van der Waals surface area contributed by atoms with Crippen LogP contribution in [0.1, 0.15) is 30.1 Å². The first-order valence-electron chi connectivity index (χ1n) is 7.79. The van der Waals surface area contributed by atoms with Crippen molar-refractivity contribution in [2.45, 2.75) is 38.5 Å². The number of benzene rings is 1. The van der Waals surface area contributed by atoms with Crippen molar-refractivity contribution in [3.05, 3.63) is 29.8 Å². The van der Waals surface area contributed by atoms with Crippen LogP contribution in [0.2, 0.25) is 0 Å². The molecule has 1 aromatic rings. The zero-order chi connectivity index (χ0) is 17.7. The summed E-state index contributed by atoms with van der Waals surface area (Å²) in [6.45, 7) is -0.582. The van der Waals surface area contributed by atoms with Gasteiger partial charge < -0.3 is 20.7 Å². The molecule has 1 unspecified atom stereocenters. The van der Waals surface area contributed by atoms with Crippen molar-refractivity contribution < 1.29 is 23.1 Å². The number of amides is 2. The first-order chi connectivity index (χ1) is 11.4. The molecule has 25 heavy (non-hydrogen) atoms. The third-order valence-electron chi connectivity index (χ3n) is 3.89. The van der Waals surface area contributed by atoms with E-state index in [0.717, 1.165) is 0 Å². The van der Waals surface area contributed by atoms with E-state index < -0.39 is 18.6 Å². The molecule has 140 valence electrons. The average molecular weight is 378 g/mol. The zero-order valence-electron chi connectivity index (χ0n) is 13.8. The molecule has 1 aliphatic rings. The highest BCUT2D eigenvalue weighted by atomic mass is 35.5. The first-order valence-corrected chi connectivity index (χ1v) is 7.79. The van der Waals surface area contributed by atoms with Gasteiger partial charge in [0.25, 0.3) is 5.91 Å². The van der Waals surface area contributed by atoms with Gasteiger partial charge >= 0.3 is 6.61 Å². The van der Waals surface area contributed by atoms with Gasteiger partial charge in [0.2, 0.25) is 5.91 Å². The predicted molar refractivity (Wildman–Crippen MR) is 91.0 cm³/mol. The number of carbonyl (C=O) groups is 2. The molecule has 0 bridgehead atoms. The number of likely N-dealkylation sites (tertiary alicyclic amines) is 1. The van der Waals surface area contributed by atoms with E-state index >= 15 is 0 Å². The van der Waals surface area contributed by atoms with E-state index in [9.17, 15) is 18.4 Å². The van der Waals surface area contributed by atoms with Crippen molar-refractivity contribution in [1.29, 1.82) is 0 Å². The Morgan fingerprint density at radius 1 is 1.40 bits per heavy atom. The molecule has 0 saturated carbocycles. The van der Waals surface area contributed by atoms with Crippen molar-refractivity contribution >= 4 is 24.2 Å². The van der Waals surface area contributed by atoms with Crippen LogP contribution in [0.25, 0.3) is 0 Å². The number of alkyl halides is 2. The van der Waals surface area contributed by atoms with E-state index in [1.54, 1.807) is 13.0 Å². The molecule has 1 heterocycles. The van der Waals surface area contributed by atoms with Gasteiger partial charge in [-0.3, -0.25) is 9.59 Å². The average Bonchev–Trinajstić information content (AvgIpc) is 3.03. The lowest BCUT2D eigenvalue weighted by Gasteiger charge is -2.26. The summed E-state index contributed by atoms with van der Waals surface area (Å²) in [5, 5.41) is 2.75. The summed E-state index contributed by atoms with van der Waals surface area (Å²) in [5.74, 6) is -0.978. The van der Waals surface area contributed by atoms with Gasteiger partial charge in [0.15, 0.2) is 0 Å². The number of hydrogen-bond acceptors (Lipinski definition) is 4. The molecule has 0 radical (unpaired) electrons. The molecule has 1 fully saturated rings. The summed E-state index contributed by atoms with van der Waals surface area (Å²) >= 11 is 0. The van der Waals surface area contributed by atoms with E-state index in [-0.39, 0.29) is 42.2 Å². The number of nitrogens with one attached hydrogen (secondary N) is 1. The summed E-state index contributed by atoms with van der Waals surface area (Å²) in [5.41, 5.74) is 5.51. The fourth-order valence-electron chi connectivity index (χ4n) is 2.68. The van der Waals surface area contributed by atoms with Crippen molar-refractivity contribution in [3.8, 4) is 5.75 Å². The summed E-state index contributed by atoms with van der Waals surface area (Å²) < 4.78 is 29.4. The molecule has 9 heteroatoms. The number of rotatable bonds is 6. The Balaban J connectivity index is 0.00000312. The van der Waals surface area contributed by atoms with Crippen LogP contribution in [-0.2, 0) is 4.79 Å². The topological polar surface area (TPSA) is 84.7 Å². The largest absolute Gasteiger partial charge is 0.434 e. The second kappa shape index (κ2) is 9.53. The van der Waals surface area contributed by atoms with Crippen LogP contribution < -0.4 is 15.8 Å². The maximum atomic E-state index is 12.7. The number of nitrogens with zero attached hydrogens (tertiary/aromatic N) is 1. The minimum atomic E-state index is -3.03. The Morgan fingerprint density at radius 2 is 2.08 bits per heavy atom. The summed E-state index contributed by atoms with van der Waals surface area (Å²) in [6, 6.07) is 4.95. The Hall–Kier alpha value is -1.93. The molecule has 6 nitrogen and oxygen atoms in total. The Kier molecular flexibility index (Phi) is 8.05. The molecule has 0 spiro atoms. The molecule has 0 aliphatic carbocycles. The van der Waals surface area contributed by atoms with Crippen LogP contribution in [0, 0.1) is 0 Å². The van der Waals surface area contributed by atoms with Crippen molar-refractivity contribution in [2.24, 2.45) is 5.73 Å². The van der Waals surface area contributed by atoms with Crippen LogP contribution in [0.15, 0.2) is 24.3 Å². The van der Waals surface area contributed by atoms with E-state index in [2.05, 4.69) is 10.1 Å². The summed E-state index contributed by atoms with van der Waals surface area (Å²) in [4.78, 5) is 26.4. The van der Waals surface area contributed by atoms with Gasteiger partial charge in [-0.1, -0.05) is 12.1 Å². The fourth-order valence-corrected chi connectivity index (χ4v) is 2.68. The van der Waals surface area contributed by atoms with E-state index in [1.165, 1.54) is 23.1 Å². The number of halogens is 3. The highest BCUT2D eigenvalue weighted by Crippen LogP contribution is 2.26. The lowest BCUT2D eigenvalue weighted by Crippen LogP contribution is -2.49. The third kappa shape index (κ3) is 5.27. The van der Waals surface area contributed by atoms with Gasteiger partial charge in [-0.15, -0.1) is 12.4 Å². The van der Waals surface area contributed by atoms with Gasteiger partial charge in [0, 0.05) is 19.1 Å². The molecule has 3 N–H and O–H groups in total. The van der Waals surface area contributed by atoms with Gasteiger partial charge in [-0.05, 0) is 31.9 Å². The maximum absolute atomic E-state index is 12.7. The normalized spacial score (nSPS) is 17.8. The van der Waals surface area contributed by atoms with Gasteiger partial charge in [-0.25, -0.2) is 0 Å². The van der Waals surface area contributed by atoms with Crippen LogP contribution in [0.3, 0.4) is 0 Å². The summed E-state index contributed by atoms with van der Waals surface area (Å²) in [6.07, 6.45) is 1.19. The molecule has 2 rings (SSSR count). The van der Waals surface area contributed by atoms with E-state index in [4.69, 9.17) is 5.73 Å². The molecule has 2 atom stereocenters. The number of ether oxygens (including phenoxy) is 1. The van der Waals surface area contributed by atoms with Crippen LogP contribution in [-0.4, -0.2) is 48.5 Å². The number of hydrogen-bond donors (Lipinski definition) is 2. The molecule has 1 saturated heterocycles. The van der Waals surface area contributed by atoms with Crippen LogP contribution in [0.4, 0.5) is 8.78 Å². The number of para-hydroxylation sites is 1. The SMILES string of the molecule is C[C@@H](CN)NC(=O)C1CCCN1C(=O)c1ccccc1OC(F)F.Cl. The quantitative estimate of drug-likeness (QED) is 0.791. The van der Waals surface area contributed by atoms with Gasteiger partial charge in [-0.2, -0.15) is 8.78 Å². The molecule has 2 amide bonds. The van der Waals surface area contributed by atoms with Crippen molar-refractivity contribution in [2.75, 3.05) is 13.1 Å². The fraction of sp³-hybridized carbons (Fsp3) is 0.500. The molecular formula is C16H22ClF2N3O3. The lowest BCUT2D eigenvalue weighted by molar-refractivity contribution is -0.125. The Morgan fingerprint density at radius 3 is 2.72 bits per heavy atom. The standard InChI is InChI=1S/C16H21F2N3O3.ClH/c1-10(9-19)20-14(22)12-6-4-8-21(12)15(23)11-5-2-3-7-13(11)24-16(17)18;/h2-3,5,7,10,12,16H,4,6,8-9,19H2,1H3,(H,20,22);1H/t10-,12?;/m0./s1. The lowest BCUT2D eigenvalue weighted by atomic mass is 10.1. The highest BCUT2D eigenvalue weighted by Gasteiger charge is 2.35. The zero-order valence-corrected chi connectivity index (χ0v) is 14.6. The van der Waals surface area contributed by atoms with Gasteiger partial charge in [0.05, 0.1) is 5.56 Å². The molecule has 1 aliphatic heterocycles. The minimum absolute atomic E-state index is 0. The van der Waals surface area contributed by atoms with Crippen LogP contribution in [0.5, 0.6) is 5.75 Å². The van der Waals surface area contributed by atoms with Crippen molar-refractivity contribution in [1.82, 2.24) is 10.2 Å². The minimum Gasteiger partial charge on any atom is -0.434 e. The number of nitrogens with two attached hydrogens (primary N) is 1. The van der Waals surface area contributed by atoms with Gasteiger partial charge in [0.1, 0.15) is 11.8 Å². The van der Waals surface area contributed by atoms with E-state index in [0.29, 0.717) is 19.4 Å². The first kappa shape index (κ1) is 21.1. The number of carbonyl (C=O) groups excluding carboxylic acids is 2. The molecule has 0 aromatic heterocycles. The molecule has 1 aromatic carbocycles. The monoisotopic (exact) mass is 377 g/mol. The van der Waals surface area contributed by atoms with Crippen molar-refractivity contribution in [3.63, 3.8) is 0 Å². The van der Waals surface area contributed by atoms with E-state index in [1.807, 2.05) is 0 Å². The Bertz CT molecular complexity index is 604. The summed E-state index contributed by atoms with van der Waals surface area (Å²) in [7, 11) is 0.